The Morgan fingerprint density at radius 1 is 1.33 bits per heavy atom. The Bertz CT molecular complexity index is 544. The fourth-order valence-electron chi connectivity index (χ4n) is 2.21. The molecule has 6 heteroatoms. The normalized spacial score (nSPS) is 12.6. The molecule has 5 nitrogen and oxygen atoms in total. The van der Waals surface area contributed by atoms with Crippen LogP contribution < -0.4 is 10.2 Å². The van der Waals surface area contributed by atoms with E-state index in [4.69, 9.17) is 0 Å². The second-order valence-electron chi connectivity index (χ2n) is 5.30. The Kier molecular flexibility index (Phi) is 5.76. The van der Waals surface area contributed by atoms with Gasteiger partial charge in [0.05, 0.1) is 12.7 Å². The molecule has 0 aliphatic heterocycles. The molecule has 1 N–H and O–H groups in total. The lowest BCUT2D eigenvalue weighted by Crippen LogP contribution is -2.29. The zero-order chi connectivity index (χ0) is 15.2. The summed E-state index contributed by atoms with van der Waals surface area (Å²) in [6.45, 7) is 12.3. The summed E-state index contributed by atoms with van der Waals surface area (Å²) in [6, 6.07) is 0.378. The number of thiazole rings is 1. The second-order valence-corrected chi connectivity index (χ2v) is 6.40. The fourth-order valence-corrected chi connectivity index (χ4v) is 3.19. The highest BCUT2D eigenvalue weighted by molar-refractivity contribution is 7.15. The van der Waals surface area contributed by atoms with Gasteiger partial charge in [-0.3, -0.25) is 4.68 Å². The van der Waals surface area contributed by atoms with E-state index >= 15 is 0 Å². The van der Waals surface area contributed by atoms with E-state index in [-0.39, 0.29) is 0 Å². The third-order valence-electron chi connectivity index (χ3n) is 3.42. The summed E-state index contributed by atoms with van der Waals surface area (Å²) in [7, 11) is 0. The summed E-state index contributed by atoms with van der Waals surface area (Å²) < 4.78 is 1.99. The molecule has 21 heavy (non-hydrogen) atoms. The molecule has 0 aromatic carbocycles. The highest BCUT2D eigenvalue weighted by atomic mass is 32.1. The Hall–Kier alpha value is -1.40. The van der Waals surface area contributed by atoms with Crippen LogP contribution in [0.3, 0.4) is 0 Å². The molecule has 0 aliphatic rings. The van der Waals surface area contributed by atoms with Crippen LogP contribution in [-0.2, 0) is 13.1 Å². The van der Waals surface area contributed by atoms with Gasteiger partial charge in [-0.05, 0) is 33.3 Å². The van der Waals surface area contributed by atoms with E-state index in [0.717, 1.165) is 31.3 Å². The van der Waals surface area contributed by atoms with Crippen molar-refractivity contribution in [3.63, 3.8) is 0 Å². The molecule has 2 heterocycles. The molecule has 0 unspecified atom stereocenters. The molecule has 0 saturated heterocycles. The number of hydrogen-bond acceptors (Lipinski definition) is 5. The highest BCUT2D eigenvalue weighted by Gasteiger charge is 2.09. The Balaban J connectivity index is 1.82. The van der Waals surface area contributed by atoms with Gasteiger partial charge in [0, 0.05) is 42.9 Å². The summed E-state index contributed by atoms with van der Waals surface area (Å²) in [6.07, 6.45) is 5.95. The van der Waals surface area contributed by atoms with Gasteiger partial charge in [0.1, 0.15) is 0 Å². The summed E-state index contributed by atoms with van der Waals surface area (Å²) in [5.74, 6) is 0. The molecule has 0 aliphatic carbocycles. The molecular formula is C15H25N5S. The SMILES string of the molecule is CCN(CC)c1ncc(CN[C@H](C)Cn2cc(C)cn2)s1. The average molecular weight is 307 g/mol. The molecule has 1 atom stereocenters. The number of aryl methyl sites for hydroxylation is 1. The molecular weight excluding hydrogens is 282 g/mol. The first-order valence-electron chi connectivity index (χ1n) is 7.54. The van der Waals surface area contributed by atoms with E-state index in [1.54, 1.807) is 11.3 Å². The molecule has 2 aromatic heterocycles. The minimum atomic E-state index is 0.378. The van der Waals surface area contributed by atoms with Crippen LogP contribution in [0.5, 0.6) is 0 Å². The van der Waals surface area contributed by atoms with E-state index < -0.39 is 0 Å². The Labute approximate surface area is 131 Å². The molecule has 0 amide bonds. The lowest BCUT2D eigenvalue weighted by Gasteiger charge is -2.16. The monoisotopic (exact) mass is 307 g/mol. The van der Waals surface area contributed by atoms with Crippen molar-refractivity contribution >= 4 is 16.5 Å². The van der Waals surface area contributed by atoms with Gasteiger partial charge in [0.25, 0.3) is 0 Å². The van der Waals surface area contributed by atoms with Gasteiger partial charge < -0.3 is 10.2 Å². The summed E-state index contributed by atoms with van der Waals surface area (Å²) in [4.78, 5) is 8.07. The van der Waals surface area contributed by atoms with E-state index in [1.165, 1.54) is 10.4 Å². The quantitative estimate of drug-likeness (QED) is 0.814. The maximum Gasteiger partial charge on any atom is 0.185 e. The standard InChI is InChI=1S/C15H25N5S/c1-5-19(6-2)15-17-9-14(21-15)8-16-13(4)11-20-10-12(3)7-18-20/h7,9-10,13,16H,5-6,8,11H2,1-4H3/t13-/m1/s1. The van der Waals surface area contributed by atoms with Gasteiger partial charge in [0.15, 0.2) is 5.13 Å². The van der Waals surface area contributed by atoms with Crippen molar-refractivity contribution in [2.75, 3.05) is 18.0 Å². The lowest BCUT2D eigenvalue weighted by atomic mass is 10.3. The third kappa shape index (κ3) is 4.54. The van der Waals surface area contributed by atoms with Crippen LogP contribution in [0.1, 0.15) is 31.2 Å². The van der Waals surface area contributed by atoms with Crippen LogP contribution in [0.2, 0.25) is 0 Å². The highest BCUT2D eigenvalue weighted by Crippen LogP contribution is 2.22. The van der Waals surface area contributed by atoms with E-state index in [2.05, 4.69) is 54.2 Å². The van der Waals surface area contributed by atoms with Crippen molar-refractivity contribution in [2.45, 2.75) is 46.8 Å². The Morgan fingerprint density at radius 2 is 2.10 bits per heavy atom. The maximum atomic E-state index is 4.51. The van der Waals surface area contributed by atoms with Crippen molar-refractivity contribution in [3.8, 4) is 0 Å². The number of hydrogen-bond donors (Lipinski definition) is 1. The van der Waals surface area contributed by atoms with Gasteiger partial charge in [0.2, 0.25) is 0 Å². The Morgan fingerprint density at radius 3 is 2.71 bits per heavy atom. The first kappa shape index (κ1) is 16.0. The molecule has 0 fully saturated rings. The molecule has 2 rings (SSSR count). The van der Waals surface area contributed by atoms with Crippen molar-refractivity contribution < 1.29 is 0 Å². The molecule has 116 valence electrons. The number of aromatic nitrogens is 3. The first-order valence-corrected chi connectivity index (χ1v) is 8.36. The number of nitrogens with zero attached hydrogens (tertiary/aromatic N) is 4. The number of nitrogens with one attached hydrogen (secondary N) is 1. The zero-order valence-electron chi connectivity index (χ0n) is 13.3. The van der Waals surface area contributed by atoms with E-state index in [9.17, 15) is 0 Å². The van der Waals surface area contributed by atoms with Crippen LogP contribution in [0, 0.1) is 6.92 Å². The van der Waals surface area contributed by atoms with Crippen LogP contribution >= 0.6 is 11.3 Å². The van der Waals surface area contributed by atoms with Crippen LogP contribution in [0.4, 0.5) is 5.13 Å². The van der Waals surface area contributed by atoms with Gasteiger partial charge in [-0.2, -0.15) is 5.10 Å². The third-order valence-corrected chi connectivity index (χ3v) is 4.48. The van der Waals surface area contributed by atoms with E-state index in [0.29, 0.717) is 6.04 Å². The number of anilines is 1. The topological polar surface area (TPSA) is 46.0 Å². The summed E-state index contributed by atoms with van der Waals surface area (Å²) in [5.41, 5.74) is 1.20. The predicted octanol–water partition coefficient (Wildman–Crippen LogP) is 2.67. The minimum absolute atomic E-state index is 0.378. The smallest absolute Gasteiger partial charge is 0.185 e. The molecule has 0 bridgehead atoms. The fraction of sp³-hybridized carbons (Fsp3) is 0.600. The second kappa shape index (κ2) is 7.56. The van der Waals surface area contributed by atoms with Crippen molar-refractivity contribution in [1.29, 1.82) is 0 Å². The van der Waals surface area contributed by atoms with Gasteiger partial charge in [-0.25, -0.2) is 4.98 Å². The van der Waals surface area contributed by atoms with Crippen molar-refractivity contribution in [2.24, 2.45) is 0 Å². The van der Waals surface area contributed by atoms with Crippen LogP contribution in [-0.4, -0.2) is 33.9 Å². The lowest BCUT2D eigenvalue weighted by molar-refractivity contribution is 0.452. The molecule has 0 radical (unpaired) electrons. The van der Waals surface area contributed by atoms with Crippen molar-refractivity contribution in [3.05, 3.63) is 29.0 Å². The van der Waals surface area contributed by atoms with Gasteiger partial charge in [-0.15, -0.1) is 11.3 Å². The molecule has 2 aromatic rings. The molecule has 0 spiro atoms. The largest absolute Gasteiger partial charge is 0.349 e. The van der Waals surface area contributed by atoms with Gasteiger partial charge in [-0.1, -0.05) is 0 Å². The van der Waals surface area contributed by atoms with Crippen molar-refractivity contribution in [1.82, 2.24) is 20.1 Å². The first-order chi connectivity index (χ1) is 10.1. The van der Waals surface area contributed by atoms with Crippen LogP contribution in [0.25, 0.3) is 0 Å². The van der Waals surface area contributed by atoms with Crippen LogP contribution in [0.15, 0.2) is 18.6 Å². The average Bonchev–Trinajstić information content (AvgIpc) is 3.08. The minimum Gasteiger partial charge on any atom is -0.349 e. The summed E-state index contributed by atoms with van der Waals surface area (Å²) in [5, 5.41) is 8.97. The molecule has 0 saturated carbocycles. The van der Waals surface area contributed by atoms with E-state index in [1.807, 2.05) is 17.1 Å². The van der Waals surface area contributed by atoms with Gasteiger partial charge >= 0.3 is 0 Å². The summed E-state index contributed by atoms with van der Waals surface area (Å²) >= 11 is 1.77. The maximum absolute atomic E-state index is 4.51. The number of rotatable bonds is 8. The predicted molar refractivity (Wildman–Crippen MR) is 88.9 cm³/mol. The zero-order valence-corrected chi connectivity index (χ0v) is 14.2.